The molecular formula is C16H17N5O. The van der Waals surface area contributed by atoms with Gasteiger partial charge >= 0.3 is 0 Å². The van der Waals surface area contributed by atoms with Crippen molar-refractivity contribution in [2.24, 2.45) is 0 Å². The van der Waals surface area contributed by atoms with Crippen molar-refractivity contribution in [3.05, 3.63) is 53.2 Å². The maximum atomic E-state index is 4.99. The maximum absolute atomic E-state index is 4.99. The van der Waals surface area contributed by atoms with E-state index in [4.69, 9.17) is 4.52 Å². The van der Waals surface area contributed by atoms with E-state index >= 15 is 0 Å². The Labute approximate surface area is 128 Å². The molecule has 0 saturated carbocycles. The van der Waals surface area contributed by atoms with Crippen molar-refractivity contribution in [2.45, 2.75) is 27.3 Å². The van der Waals surface area contributed by atoms with Gasteiger partial charge in [-0.15, -0.1) is 0 Å². The molecule has 0 saturated heterocycles. The predicted molar refractivity (Wildman–Crippen MR) is 83.3 cm³/mol. The molecule has 0 fully saturated rings. The van der Waals surface area contributed by atoms with E-state index in [0.29, 0.717) is 24.2 Å². The normalized spacial score (nSPS) is 10.7. The molecule has 6 heteroatoms. The molecule has 112 valence electrons. The van der Waals surface area contributed by atoms with Crippen LogP contribution in [0, 0.1) is 20.8 Å². The minimum absolute atomic E-state index is 0.563. The molecule has 2 aromatic heterocycles. The Morgan fingerprint density at radius 1 is 0.955 bits per heavy atom. The van der Waals surface area contributed by atoms with Crippen molar-refractivity contribution in [1.29, 1.82) is 0 Å². The lowest BCUT2D eigenvalue weighted by molar-refractivity contribution is 0.394. The van der Waals surface area contributed by atoms with Crippen molar-refractivity contribution >= 4 is 5.95 Å². The highest BCUT2D eigenvalue weighted by Gasteiger charge is 2.05. The fraction of sp³-hybridized carbons (Fsp3) is 0.250. The van der Waals surface area contributed by atoms with Gasteiger partial charge in [-0.1, -0.05) is 29.4 Å². The Hall–Kier alpha value is -2.76. The van der Waals surface area contributed by atoms with Crippen molar-refractivity contribution in [3.63, 3.8) is 0 Å². The van der Waals surface area contributed by atoms with Crippen LogP contribution in [0.25, 0.3) is 11.4 Å². The number of anilines is 1. The van der Waals surface area contributed by atoms with Crippen molar-refractivity contribution in [1.82, 2.24) is 20.1 Å². The molecule has 0 spiro atoms. The molecule has 0 aliphatic carbocycles. The summed E-state index contributed by atoms with van der Waals surface area (Å²) in [5.41, 5.74) is 3.98. The Kier molecular flexibility index (Phi) is 3.82. The summed E-state index contributed by atoms with van der Waals surface area (Å²) in [6.45, 7) is 6.36. The van der Waals surface area contributed by atoms with E-state index in [1.807, 2.05) is 44.2 Å². The Bertz CT molecular complexity index is 759. The van der Waals surface area contributed by atoms with Gasteiger partial charge in [0.25, 0.3) is 0 Å². The topological polar surface area (TPSA) is 76.7 Å². The average molecular weight is 295 g/mol. The third-order valence-electron chi connectivity index (χ3n) is 3.17. The number of nitrogens with one attached hydrogen (secondary N) is 1. The van der Waals surface area contributed by atoms with E-state index in [2.05, 4.69) is 25.4 Å². The monoisotopic (exact) mass is 295 g/mol. The van der Waals surface area contributed by atoms with E-state index in [-0.39, 0.29) is 0 Å². The molecule has 0 atom stereocenters. The second-order valence-electron chi connectivity index (χ2n) is 5.16. The second-order valence-corrected chi connectivity index (χ2v) is 5.16. The van der Waals surface area contributed by atoms with Crippen LogP contribution in [0.15, 0.2) is 34.9 Å². The summed E-state index contributed by atoms with van der Waals surface area (Å²) in [6, 6.07) is 9.95. The number of hydrogen-bond acceptors (Lipinski definition) is 6. The van der Waals surface area contributed by atoms with Crippen LogP contribution in [0.3, 0.4) is 0 Å². The van der Waals surface area contributed by atoms with Gasteiger partial charge in [0.2, 0.25) is 17.7 Å². The van der Waals surface area contributed by atoms with Gasteiger partial charge in [0.1, 0.15) is 0 Å². The van der Waals surface area contributed by atoms with Crippen LogP contribution in [0.1, 0.15) is 22.8 Å². The molecule has 0 unspecified atom stereocenters. The Morgan fingerprint density at radius 2 is 1.64 bits per heavy atom. The molecule has 0 radical (unpaired) electrons. The zero-order chi connectivity index (χ0) is 15.5. The first-order valence-corrected chi connectivity index (χ1v) is 7.06. The fourth-order valence-corrected chi connectivity index (χ4v) is 2.17. The quantitative estimate of drug-likeness (QED) is 0.797. The summed E-state index contributed by atoms with van der Waals surface area (Å²) >= 11 is 0. The summed E-state index contributed by atoms with van der Waals surface area (Å²) in [5.74, 6) is 1.82. The van der Waals surface area contributed by atoms with Gasteiger partial charge in [-0.25, -0.2) is 9.97 Å². The lowest BCUT2D eigenvalue weighted by Gasteiger charge is -2.07. The molecule has 0 aliphatic heterocycles. The van der Waals surface area contributed by atoms with Gasteiger partial charge in [-0.05, 0) is 25.5 Å². The Morgan fingerprint density at radius 3 is 2.23 bits per heavy atom. The van der Waals surface area contributed by atoms with Crippen molar-refractivity contribution in [2.75, 3.05) is 5.32 Å². The van der Waals surface area contributed by atoms with Crippen LogP contribution in [0.5, 0.6) is 0 Å². The zero-order valence-electron chi connectivity index (χ0n) is 12.8. The summed E-state index contributed by atoms with van der Waals surface area (Å²) in [6.07, 6.45) is 0. The molecule has 3 rings (SSSR count). The van der Waals surface area contributed by atoms with Crippen LogP contribution in [0.4, 0.5) is 5.95 Å². The molecule has 0 aliphatic rings. The molecule has 1 aromatic carbocycles. The first-order valence-electron chi connectivity index (χ1n) is 7.06. The van der Waals surface area contributed by atoms with E-state index in [0.717, 1.165) is 22.5 Å². The number of hydrogen-bond donors (Lipinski definition) is 1. The third-order valence-corrected chi connectivity index (χ3v) is 3.17. The van der Waals surface area contributed by atoms with Gasteiger partial charge in [-0.2, -0.15) is 4.98 Å². The molecule has 6 nitrogen and oxygen atoms in total. The van der Waals surface area contributed by atoms with Gasteiger partial charge in [-0.3, -0.25) is 0 Å². The SMILES string of the molecule is Cc1cc(C)nc(NCc2ccc(-c3noc(C)n3)cc2)n1. The molecule has 1 N–H and O–H groups in total. The van der Waals surface area contributed by atoms with Crippen LogP contribution in [0.2, 0.25) is 0 Å². The summed E-state index contributed by atoms with van der Waals surface area (Å²) in [7, 11) is 0. The lowest BCUT2D eigenvalue weighted by Crippen LogP contribution is -2.05. The van der Waals surface area contributed by atoms with E-state index < -0.39 is 0 Å². The van der Waals surface area contributed by atoms with E-state index in [1.54, 1.807) is 6.92 Å². The van der Waals surface area contributed by atoms with Gasteiger partial charge in [0.15, 0.2) is 0 Å². The molecule has 0 bridgehead atoms. The zero-order valence-corrected chi connectivity index (χ0v) is 12.8. The minimum atomic E-state index is 0.563. The molecular weight excluding hydrogens is 278 g/mol. The number of rotatable bonds is 4. The van der Waals surface area contributed by atoms with Crippen LogP contribution in [-0.2, 0) is 6.54 Å². The maximum Gasteiger partial charge on any atom is 0.223 e. The van der Waals surface area contributed by atoms with E-state index in [1.165, 1.54) is 0 Å². The highest BCUT2D eigenvalue weighted by atomic mass is 16.5. The van der Waals surface area contributed by atoms with Crippen molar-refractivity contribution in [3.8, 4) is 11.4 Å². The molecule has 0 amide bonds. The van der Waals surface area contributed by atoms with Crippen LogP contribution < -0.4 is 5.32 Å². The summed E-state index contributed by atoms with van der Waals surface area (Å²) < 4.78 is 4.99. The minimum Gasteiger partial charge on any atom is -0.350 e. The summed E-state index contributed by atoms with van der Waals surface area (Å²) in [5, 5.41) is 7.14. The third kappa shape index (κ3) is 3.28. The smallest absolute Gasteiger partial charge is 0.223 e. The first-order chi connectivity index (χ1) is 10.6. The van der Waals surface area contributed by atoms with Crippen LogP contribution >= 0.6 is 0 Å². The summed E-state index contributed by atoms with van der Waals surface area (Å²) in [4.78, 5) is 12.9. The van der Waals surface area contributed by atoms with Crippen LogP contribution in [-0.4, -0.2) is 20.1 Å². The standard InChI is InChI=1S/C16H17N5O/c1-10-8-11(2)19-16(18-10)17-9-13-4-6-14(7-5-13)15-20-12(3)22-21-15/h4-8H,9H2,1-3H3,(H,17,18,19). The van der Waals surface area contributed by atoms with Gasteiger partial charge < -0.3 is 9.84 Å². The lowest BCUT2D eigenvalue weighted by atomic mass is 10.1. The largest absolute Gasteiger partial charge is 0.350 e. The molecule has 22 heavy (non-hydrogen) atoms. The van der Waals surface area contributed by atoms with Crippen molar-refractivity contribution < 1.29 is 4.52 Å². The first kappa shape index (κ1) is 14.2. The number of benzene rings is 1. The Balaban J connectivity index is 1.68. The number of aromatic nitrogens is 4. The van der Waals surface area contributed by atoms with Gasteiger partial charge in [0, 0.05) is 30.4 Å². The number of nitrogens with zero attached hydrogens (tertiary/aromatic N) is 4. The number of aryl methyl sites for hydroxylation is 3. The van der Waals surface area contributed by atoms with Gasteiger partial charge in [0.05, 0.1) is 0 Å². The average Bonchev–Trinajstić information content (AvgIpc) is 2.91. The van der Waals surface area contributed by atoms with E-state index in [9.17, 15) is 0 Å². The molecule has 3 aromatic rings. The second kappa shape index (κ2) is 5.93. The fourth-order valence-electron chi connectivity index (χ4n) is 2.17. The highest BCUT2D eigenvalue weighted by Crippen LogP contribution is 2.16. The predicted octanol–water partition coefficient (Wildman–Crippen LogP) is 3.06. The highest BCUT2D eigenvalue weighted by molar-refractivity contribution is 5.54. The molecule has 2 heterocycles.